The molecule has 0 unspecified atom stereocenters. The molecule has 102 valence electrons. The van der Waals surface area contributed by atoms with Gasteiger partial charge in [0.1, 0.15) is 0 Å². The second kappa shape index (κ2) is 7.87. The van der Waals surface area contributed by atoms with Crippen molar-refractivity contribution < 1.29 is 64.3 Å². The number of anilines is 1. The fraction of sp³-hybridized carbons (Fsp3) is 0.385. The predicted octanol–water partition coefficient (Wildman–Crippen LogP) is -0.989. The zero-order chi connectivity index (χ0) is 13.9. The monoisotopic (exact) mass is 306 g/mol. The van der Waals surface area contributed by atoms with Crippen molar-refractivity contribution in [1.29, 1.82) is 0 Å². The van der Waals surface area contributed by atoms with Crippen LogP contribution in [0.2, 0.25) is 0 Å². The molecule has 1 saturated heterocycles. The van der Waals surface area contributed by atoms with Gasteiger partial charge < -0.3 is 23.2 Å². The van der Waals surface area contributed by atoms with E-state index >= 15 is 0 Å². The van der Waals surface area contributed by atoms with Crippen LogP contribution in [0.4, 0.5) is 18.6 Å². The number of piperazine rings is 1. The summed E-state index contributed by atoms with van der Waals surface area (Å²) in [5.41, 5.74) is 1.54. The second-order valence-electron chi connectivity index (χ2n) is 4.68. The summed E-state index contributed by atoms with van der Waals surface area (Å²) in [6.07, 6.45) is 4.44. The quantitative estimate of drug-likeness (QED) is 0.570. The van der Waals surface area contributed by atoms with Crippen molar-refractivity contribution in [1.82, 2.24) is 5.32 Å². The van der Waals surface area contributed by atoms with Crippen LogP contribution in [0.15, 0.2) is 18.2 Å². The molecule has 0 spiro atoms. The largest absolute Gasteiger partial charge is 1.00 e. The van der Waals surface area contributed by atoms with Gasteiger partial charge in [0.2, 0.25) is 0 Å². The van der Waals surface area contributed by atoms with Crippen molar-refractivity contribution >= 4 is 12.7 Å². The molecular weight excluding hydrogens is 291 g/mol. The Bertz CT molecular complexity index is 493. The Morgan fingerprint density at radius 1 is 1.20 bits per heavy atom. The molecule has 1 fully saturated rings. The van der Waals surface area contributed by atoms with Gasteiger partial charge in [-0.1, -0.05) is 17.8 Å². The zero-order valence-electron chi connectivity index (χ0n) is 11.5. The molecule has 0 atom stereocenters. The molecule has 0 amide bonds. The van der Waals surface area contributed by atoms with Crippen LogP contribution in [-0.2, 0) is 6.32 Å². The summed E-state index contributed by atoms with van der Waals surface area (Å²) in [4.78, 5) is 2.06. The Balaban J connectivity index is 0.00000200. The van der Waals surface area contributed by atoms with E-state index in [0.717, 1.165) is 31.9 Å². The van der Waals surface area contributed by atoms with E-state index in [4.69, 9.17) is 6.42 Å². The summed E-state index contributed by atoms with van der Waals surface area (Å²) in [7, 11) is 0. The fourth-order valence-corrected chi connectivity index (χ4v) is 2.25. The molecule has 1 aromatic rings. The SMILES string of the molecule is C#Cc1cc(C[B-](F)(F)F)cc(N2CCNCC2)c1.[K+]. The maximum Gasteiger partial charge on any atom is 1.00 e. The number of nitrogens with one attached hydrogen (secondary N) is 1. The average molecular weight is 306 g/mol. The van der Waals surface area contributed by atoms with Crippen LogP contribution in [0.25, 0.3) is 0 Å². The summed E-state index contributed by atoms with van der Waals surface area (Å²) < 4.78 is 37.6. The number of rotatable bonds is 3. The van der Waals surface area contributed by atoms with E-state index in [0.29, 0.717) is 5.56 Å². The van der Waals surface area contributed by atoms with E-state index < -0.39 is 13.3 Å². The van der Waals surface area contributed by atoms with E-state index in [1.165, 1.54) is 6.07 Å². The van der Waals surface area contributed by atoms with E-state index in [1.807, 2.05) is 0 Å². The second-order valence-corrected chi connectivity index (χ2v) is 4.68. The Morgan fingerprint density at radius 2 is 1.85 bits per heavy atom. The minimum atomic E-state index is -4.84. The van der Waals surface area contributed by atoms with E-state index in [2.05, 4.69) is 16.1 Å². The summed E-state index contributed by atoms with van der Waals surface area (Å²) in [5, 5.41) is 3.21. The van der Waals surface area contributed by atoms with Crippen molar-refractivity contribution in [3.05, 3.63) is 29.3 Å². The molecule has 20 heavy (non-hydrogen) atoms. The van der Waals surface area contributed by atoms with Gasteiger partial charge in [-0.15, -0.1) is 6.42 Å². The van der Waals surface area contributed by atoms with Crippen LogP contribution in [-0.4, -0.2) is 33.2 Å². The van der Waals surface area contributed by atoms with Gasteiger partial charge in [0.25, 0.3) is 0 Å². The molecule has 0 bridgehead atoms. The maximum atomic E-state index is 12.5. The molecule has 0 aromatic heterocycles. The number of nitrogens with zero attached hydrogens (tertiary/aromatic N) is 1. The molecule has 1 heterocycles. The first-order valence-electron chi connectivity index (χ1n) is 6.25. The van der Waals surface area contributed by atoms with E-state index in [9.17, 15) is 12.9 Å². The fourth-order valence-electron chi connectivity index (χ4n) is 2.25. The van der Waals surface area contributed by atoms with Gasteiger partial charge in [0, 0.05) is 37.4 Å². The van der Waals surface area contributed by atoms with E-state index in [1.54, 1.807) is 12.1 Å². The molecular formula is C13H15BF3KN2. The number of hydrogen-bond acceptors (Lipinski definition) is 2. The van der Waals surface area contributed by atoms with Crippen LogP contribution in [0.3, 0.4) is 0 Å². The molecule has 1 aliphatic heterocycles. The van der Waals surface area contributed by atoms with Crippen molar-refractivity contribution in [2.75, 3.05) is 31.1 Å². The van der Waals surface area contributed by atoms with Crippen LogP contribution in [0.5, 0.6) is 0 Å². The zero-order valence-corrected chi connectivity index (χ0v) is 14.6. The minimum absolute atomic E-state index is 0. The topological polar surface area (TPSA) is 15.3 Å². The first-order valence-corrected chi connectivity index (χ1v) is 6.25. The smallest absolute Gasteiger partial charge is 0.449 e. The predicted molar refractivity (Wildman–Crippen MR) is 72.2 cm³/mol. The van der Waals surface area contributed by atoms with Gasteiger partial charge in [0.05, 0.1) is 0 Å². The summed E-state index contributed by atoms with van der Waals surface area (Å²) >= 11 is 0. The molecule has 1 aliphatic rings. The molecule has 2 rings (SSSR count). The molecule has 1 aromatic carbocycles. The number of benzene rings is 1. The van der Waals surface area contributed by atoms with Gasteiger partial charge >= 0.3 is 58.4 Å². The van der Waals surface area contributed by atoms with Crippen molar-refractivity contribution in [2.45, 2.75) is 6.32 Å². The van der Waals surface area contributed by atoms with Crippen LogP contribution >= 0.6 is 0 Å². The van der Waals surface area contributed by atoms with Crippen molar-refractivity contribution in [3.8, 4) is 12.3 Å². The Hall–Kier alpha value is 0.0313. The molecule has 0 aliphatic carbocycles. The van der Waals surface area contributed by atoms with Gasteiger partial charge in [-0.3, -0.25) is 0 Å². The Morgan fingerprint density at radius 3 is 2.40 bits per heavy atom. The van der Waals surface area contributed by atoms with Crippen LogP contribution < -0.4 is 61.6 Å². The first kappa shape index (κ1) is 18.1. The molecule has 2 nitrogen and oxygen atoms in total. The molecule has 7 heteroatoms. The Kier molecular flexibility index (Phi) is 7.12. The molecule has 0 saturated carbocycles. The van der Waals surface area contributed by atoms with E-state index in [-0.39, 0.29) is 56.9 Å². The minimum Gasteiger partial charge on any atom is -0.449 e. The van der Waals surface area contributed by atoms with Gasteiger partial charge in [-0.2, -0.15) is 0 Å². The number of hydrogen-bond donors (Lipinski definition) is 1. The summed E-state index contributed by atoms with van der Waals surface area (Å²) in [6.45, 7) is -1.61. The number of halogens is 3. The first-order chi connectivity index (χ1) is 8.98. The molecule has 1 N–H and O–H groups in total. The van der Waals surface area contributed by atoms with Gasteiger partial charge in [-0.25, -0.2) is 0 Å². The summed E-state index contributed by atoms with van der Waals surface area (Å²) in [6, 6.07) is 4.82. The third kappa shape index (κ3) is 5.43. The van der Waals surface area contributed by atoms with Crippen molar-refractivity contribution in [3.63, 3.8) is 0 Å². The third-order valence-electron chi connectivity index (χ3n) is 3.09. The average Bonchev–Trinajstić information content (AvgIpc) is 2.37. The summed E-state index contributed by atoms with van der Waals surface area (Å²) in [5.74, 6) is 2.43. The molecule has 0 radical (unpaired) electrons. The van der Waals surface area contributed by atoms with Gasteiger partial charge in [-0.05, 0) is 18.2 Å². The normalized spacial score (nSPS) is 15.4. The number of terminal acetylenes is 1. The van der Waals surface area contributed by atoms with Crippen LogP contribution in [0, 0.1) is 12.3 Å². The third-order valence-corrected chi connectivity index (χ3v) is 3.09. The van der Waals surface area contributed by atoms with Crippen molar-refractivity contribution in [2.24, 2.45) is 0 Å². The van der Waals surface area contributed by atoms with Gasteiger partial charge in [0.15, 0.2) is 0 Å². The standard InChI is InChI=1S/C13H15BF3N2.K/c1-2-11-7-12(10-14(15,16)17)9-13(8-11)19-5-3-18-4-6-19;/h1,7-9,18H,3-6,10H2;/q-1;+1. The Labute approximate surface area is 160 Å². The van der Waals surface area contributed by atoms with Crippen LogP contribution in [0.1, 0.15) is 11.1 Å². The maximum absolute atomic E-state index is 12.5.